The van der Waals surface area contributed by atoms with Crippen molar-refractivity contribution in [1.82, 2.24) is 5.32 Å². The minimum Gasteiger partial charge on any atom is -0.481 e. The van der Waals surface area contributed by atoms with E-state index in [1.807, 2.05) is 6.92 Å². The Balaban J connectivity index is 3.53. The predicted molar refractivity (Wildman–Crippen MR) is 62.1 cm³/mol. The van der Waals surface area contributed by atoms with Crippen molar-refractivity contribution in [2.75, 3.05) is 11.5 Å². The fourth-order valence-corrected chi connectivity index (χ4v) is 1.69. The van der Waals surface area contributed by atoms with Gasteiger partial charge in [0.25, 0.3) is 0 Å². The monoisotopic (exact) mass is 233 g/mol. The average molecular weight is 233 g/mol. The number of hydrogen-bond donors (Lipinski definition) is 2. The van der Waals surface area contributed by atoms with Crippen LogP contribution in [0.2, 0.25) is 0 Å². The van der Waals surface area contributed by atoms with Gasteiger partial charge in [0.05, 0.1) is 0 Å². The molecule has 0 rings (SSSR count). The van der Waals surface area contributed by atoms with E-state index < -0.39 is 5.97 Å². The van der Waals surface area contributed by atoms with Crippen LogP contribution in [0.15, 0.2) is 0 Å². The third-order valence-electron chi connectivity index (χ3n) is 1.88. The lowest BCUT2D eigenvalue weighted by atomic mass is 10.2. The number of nitrogens with one attached hydrogen (secondary N) is 1. The number of carboxylic acid groups (broad SMARTS) is 1. The van der Waals surface area contributed by atoms with Crippen LogP contribution in [-0.4, -0.2) is 34.5 Å². The molecule has 1 atom stereocenters. The van der Waals surface area contributed by atoms with Crippen molar-refractivity contribution in [3.63, 3.8) is 0 Å². The Labute approximate surface area is 94.8 Å². The molecule has 5 heteroatoms. The van der Waals surface area contributed by atoms with E-state index in [0.717, 1.165) is 11.5 Å². The number of carbonyl (C=O) groups is 2. The van der Waals surface area contributed by atoms with Crippen molar-refractivity contribution >= 4 is 23.6 Å². The van der Waals surface area contributed by atoms with Crippen LogP contribution >= 0.6 is 11.8 Å². The minimum absolute atomic E-state index is 0.00818. The molecule has 0 aliphatic carbocycles. The highest BCUT2D eigenvalue weighted by molar-refractivity contribution is 7.99. The topological polar surface area (TPSA) is 66.4 Å². The molecule has 0 aromatic rings. The Morgan fingerprint density at radius 1 is 1.40 bits per heavy atom. The fraction of sp³-hybridized carbons (Fsp3) is 0.800. The molecule has 4 nitrogen and oxygen atoms in total. The SMILES string of the molecule is CCSCCC(=O)NC(C)CCC(=O)O. The molecule has 1 amide bonds. The van der Waals surface area contributed by atoms with E-state index in [0.29, 0.717) is 12.8 Å². The van der Waals surface area contributed by atoms with Gasteiger partial charge in [-0.15, -0.1) is 0 Å². The Morgan fingerprint density at radius 3 is 2.60 bits per heavy atom. The van der Waals surface area contributed by atoms with E-state index in [2.05, 4.69) is 12.2 Å². The minimum atomic E-state index is -0.822. The zero-order valence-corrected chi connectivity index (χ0v) is 10.1. The summed E-state index contributed by atoms with van der Waals surface area (Å²) in [7, 11) is 0. The number of carboxylic acids is 1. The van der Waals surface area contributed by atoms with Gasteiger partial charge in [-0.05, 0) is 19.1 Å². The summed E-state index contributed by atoms with van der Waals surface area (Å²) in [4.78, 5) is 21.6. The first-order valence-corrected chi connectivity index (χ1v) is 6.30. The van der Waals surface area contributed by atoms with Crippen LogP contribution < -0.4 is 5.32 Å². The summed E-state index contributed by atoms with van der Waals surface area (Å²) in [6, 6.07) is -0.0553. The lowest BCUT2D eigenvalue weighted by Gasteiger charge is -2.12. The first-order chi connectivity index (χ1) is 7.06. The number of carbonyl (C=O) groups excluding carboxylic acids is 1. The highest BCUT2D eigenvalue weighted by Gasteiger charge is 2.08. The average Bonchev–Trinajstić information content (AvgIpc) is 2.15. The summed E-state index contributed by atoms with van der Waals surface area (Å²) >= 11 is 1.73. The van der Waals surface area contributed by atoms with Crippen molar-refractivity contribution in [3.8, 4) is 0 Å². The van der Waals surface area contributed by atoms with Crippen molar-refractivity contribution in [1.29, 1.82) is 0 Å². The largest absolute Gasteiger partial charge is 0.481 e. The van der Waals surface area contributed by atoms with Gasteiger partial charge in [-0.2, -0.15) is 11.8 Å². The molecule has 15 heavy (non-hydrogen) atoms. The molecule has 0 radical (unpaired) electrons. The van der Waals surface area contributed by atoms with E-state index >= 15 is 0 Å². The van der Waals surface area contributed by atoms with Gasteiger partial charge in [-0.3, -0.25) is 9.59 Å². The second kappa shape index (κ2) is 8.59. The summed E-state index contributed by atoms with van der Waals surface area (Å²) in [5.74, 6) is 1.03. The summed E-state index contributed by atoms with van der Waals surface area (Å²) in [6.07, 6.45) is 1.10. The molecular weight excluding hydrogens is 214 g/mol. The lowest BCUT2D eigenvalue weighted by molar-refractivity contribution is -0.137. The number of aliphatic carboxylic acids is 1. The molecule has 2 N–H and O–H groups in total. The molecule has 0 saturated carbocycles. The molecule has 0 spiro atoms. The normalized spacial score (nSPS) is 12.1. The molecule has 0 bridgehead atoms. The van der Waals surface area contributed by atoms with Gasteiger partial charge in [0.2, 0.25) is 5.91 Å². The van der Waals surface area contributed by atoms with Crippen molar-refractivity contribution in [3.05, 3.63) is 0 Å². The standard InChI is InChI=1S/C10H19NO3S/c1-3-15-7-6-9(12)11-8(2)4-5-10(13)14/h8H,3-7H2,1-2H3,(H,11,12)(H,13,14). The summed E-state index contributed by atoms with van der Waals surface area (Å²) in [6.45, 7) is 3.88. The zero-order chi connectivity index (χ0) is 11.7. The van der Waals surface area contributed by atoms with E-state index in [1.54, 1.807) is 11.8 Å². The molecule has 0 heterocycles. The lowest BCUT2D eigenvalue weighted by Crippen LogP contribution is -2.33. The van der Waals surface area contributed by atoms with E-state index in [9.17, 15) is 9.59 Å². The summed E-state index contributed by atoms with van der Waals surface area (Å²) in [5.41, 5.74) is 0. The maximum Gasteiger partial charge on any atom is 0.303 e. The van der Waals surface area contributed by atoms with Crippen LogP contribution in [-0.2, 0) is 9.59 Å². The summed E-state index contributed by atoms with van der Waals surface area (Å²) in [5, 5.41) is 11.2. The van der Waals surface area contributed by atoms with Gasteiger partial charge in [-0.1, -0.05) is 6.92 Å². The van der Waals surface area contributed by atoms with E-state index in [1.165, 1.54) is 0 Å². The highest BCUT2D eigenvalue weighted by atomic mass is 32.2. The van der Waals surface area contributed by atoms with Gasteiger partial charge in [-0.25, -0.2) is 0 Å². The fourth-order valence-electron chi connectivity index (χ4n) is 1.07. The highest BCUT2D eigenvalue weighted by Crippen LogP contribution is 2.02. The molecule has 0 aromatic carbocycles. The van der Waals surface area contributed by atoms with Crippen LogP contribution in [0, 0.1) is 0 Å². The van der Waals surface area contributed by atoms with Gasteiger partial charge in [0.1, 0.15) is 0 Å². The maximum atomic E-state index is 11.3. The second-order valence-corrected chi connectivity index (χ2v) is 4.74. The molecule has 0 fully saturated rings. The Hall–Kier alpha value is -0.710. The third kappa shape index (κ3) is 9.59. The zero-order valence-electron chi connectivity index (χ0n) is 9.28. The van der Waals surface area contributed by atoms with Gasteiger partial charge in [0, 0.05) is 24.6 Å². The number of amides is 1. The van der Waals surface area contributed by atoms with E-state index in [-0.39, 0.29) is 18.4 Å². The molecule has 1 unspecified atom stereocenters. The smallest absolute Gasteiger partial charge is 0.303 e. The maximum absolute atomic E-state index is 11.3. The van der Waals surface area contributed by atoms with Gasteiger partial charge in [0.15, 0.2) is 0 Å². The number of hydrogen-bond acceptors (Lipinski definition) is 3. The molecule has 0 aliphatic rings. The Morgan fingerprint density at radius 2 is 2.07 bits per heavy atom. The van der Waals surface area contributed by atoms with Crippen LogP contribution in [0.1, 0.15) is 33.1 Å². The molecule has 88 valence electrons. The van der Waals surface area contributed by atoms with Crippen molar-refractivity contribution in [2.45, 2.75) is 39.2 Å². The van der Waals surface area contributed by atoms with Crippen LogP contribution in [0.4, 0.5) is 0 Å². The van der Waals surface area contributed by atoms with Crippen LogP contribution in [0.5, 0.6) is 0 Å². The van der Waals surface area contributed by atoms with Crippen LogP contribution in [0.3, 0.4) is 0 Å². The van der Waals surface area contributed by atoms with Gasteiger partial charge < -0.3 is 10.4 Å². The molecular formula is C10H19NO3S. The Bertz CT molecular complexity index is 209. The molecule has 0 saturated heterocycles. The van der Waals surface area contributed by atoms with Crippen molar-refractivity contribution < 1.29 is 14.7 Å². The second-order valence-electron chi connectivity index (χ2n) is 3.35. The number of thioether (sulfide) groups is 1. The quantitative estimate of drug-likeness (QED) is 0.623. The Kier molecular flexibility index (Phi) is 8.18. The molecule has 0 aromatic heterocycles. The van der Waals surface area contributed by atoms with Crippen molar-refractivity contribution in [2.24, 2.45) is 0 Å². The van der Waals surface area contributed by atoms with Crippen LogP contribution in [0.25, 0.3) is 0 Å². The predicted octanol–water partition coefficient (Wildman–Crippen LogP) is 1.50. The third-order valence-corrected chi connectivity index (χ3v) is 2.78. The molecule has 0 aliphatic heterocycles. The van der Waals surface area contributed by atoms with Gasteiger partial charge >= 0.3 is 5.97 Å². The number of rotatable bonds is 8. The first kappa shape index (κ1) is 14.3. The van der Waals surface area contributed by atoms with E-state index in [4.69, 9.17) is 5.11 Å². The first-order valence-electron chi connectivity index (χ1n) is 5.15. The summed E-state index contributed by atoms with van der Waals surface area (Å²) < 4.78 is 0.